The van der Waals surface area contributed by atoms with Crippen LogP contribution in [0.4, 0.5) is 4.79 Å². The number of carbonyl (C=O) groups excluding carboxylic acids is 3. The predicted molar refractivity (Wildman–Crippen MR) is 125 cm³/mol. The maximum Gasteiger partial charge on any atom is 0.408 e. The Morgan fingerprint density at radius 1 is 1.00 bits per heavy atom. The molecule has 7 nitrogen and oxygen atoms in total. The highest BCUT2D eigenvalue weighted by atomic mass is 16.6. The molecule has 1 fully saturated rings. The molecule has 3 amide bonds. The summed E-state index contributed by atoms with van der Waals surface area (Å²) < 4.78 is 5.29. The average molecular weight is 446 g/mol. The van der Waals surface area contributed by atoms with E-state index in [1.165, 1.54) is 6.42 Å². The number of nitrogens with one attached hydrogen (secondary N) is 2. The summed E-state index contributed by atoms with van der Waals surface area (Å²) in [5.74, 6) is -0.520. The van der Waals surface area contributed by atoms with E-state index < -0.39 is 23.8 Å². The number of nitrogens with zero attached hydrogens (tertiary/aromatic N) is 1. The Hall–Kier alpha value is -2.57. The van der Waals surface area contributed by atoms with Gasteiger partial charge in [-0.15, -0.1) is 0 Å². The first kappa shape index (κ1) is 25.7. The highest BCUT2D eigenvalue weighted by Gasteiger charge is 2.37. The van der Waals surface area contributed by atoms with E-state index in [4.69, 9.17) is 4.74 Å². The smallest absolute Gasteiger partial charge is 0.408 e. The number of alkyl carbamates (subject to hydrolysis) is 1. The van der Waals surface area contributed by atoms with E-state index in [1.807, 2.05) is 44.2 Å². The fourth-order valence-corrected chi connectivity index (χ4v) is 4.05. The predicted octanol–water partition coefficient (Wildman–Crippen LogP) is 4.33. The van der Waals surface area contributed by atoms with Gasteiger partial charge in [-0.3, -0.25) is 9.59 Å². The Labute approximate surface area is 192 Å². The maximum atomic E-state index is 13.5. The standard InChI is InChI=1S/C25H39N3O4/c1-17(2)28(23(30)18(3)26-24(31)32-25(4,5)6)21(19-13-9-7-10-14-19)22(29)27-20-15-11-8-12-16-20/h7,9-10,13-14,17-18,20-21H,8,11-12,15-16H2,1-6H3,(H,26,31)(H,27,29). The van der Waals surface area contributed by atoms with Crippen LogP contribution in [0.2, 0.25) is 0 Å². The minimum Gasteiger partial charge on any atom is -0.444 e. The van der Waals surface area contributed by atoms with Crippen LogP contribution in [0, 0.1) is 0 Å². The van der Waals surface area contributed by atoms with Crippen molar-refractivity contribution < 1.29 is 19.1 Å². The Morgan fingerprint density at radius 2 is 1.59 bits per heavy atom. The highest BCUT2D eigenvalue weighted by Crippen LogP contribution is 2.26. The summed E-state index contributed by atoms with van der Waals surface area (Å²) in [7, 11) is 0. The van der Waals surface area contributed by atoms with Gasteiger partial charge in [-0.25, -0.2) is 4.79 Å². The summed E-state index contributed by atoms with van der Waals surface area (Å²) in [6, 6.07) is 7.57. The molecule has 32 heavy (non-hydrogen) atoms. The molecule has 1 aromatic carbocycles. The van der Waals surface area contributed by atoms with Crippen LogP contribution in [-0.2, 0) is 14.3 Å². The molecule has 7 heteroatoms. The minimum absolute atomic E-state index is 0.129. The van der Waals surface area contributed by atoms with Crippen molar-refractivity contribution in [1.29, 1.82) is 0 Å². The monoisotopic (exact) mass is 445 g/mol. The Morgan fingerprint density at radius 3 is 2.12 bits per heavy atom. The normalized spacial score (nSPS) is 16.7. The second-order valence-electron chi connectivity index (χ2n) is 9.86. The van der Waals surface area contributed by atoms with E-state index >= 15 is 0 Å². The van der Waals surface area contributed by atoms with Crippen molar-refractivity contribution >= 4 is 17.9 Å². The zero-order valence-electron chi connectivity index (χ0n) is 20.3. The molecule has 0 aromatic heterocycles. The first-order valence-electron chi connectivity index (χ1n) is 11.7. The molecular formula is C25H39N3O4. The lowest BCUT2D eigenvalue weighted by Crippen LogP contribution is -2.55. The van der Waals surface area contributed by atoms with Crippen LogP contribution >= 0.6 is 0 Å². The maximum absolute atomic E-state index is 13.5. The van der Waals surface area contributed by atoms with E-state index in [9.17, 15) is 14.4 Å². The van der Waals surface area contributed by atoms with Gasteiger partial charge in [0.1, 0.15) is 17.7 Å². The van der Waals surface area contributed by atoms with Crippen LogP contribution in [0.25, 0.3) is 0 Å². The molecule has 0 heterocycles. The van der Waals surface area contributed by atoms with E-state index in [0.29, 0.717) is 0 Å². The first-order chi connectivity index (χ1) is 15.0. The van der Waals surface area contributed by atoms with Gasteiger partial charge in [0.2, 0.25) is 11.8 Å². The van der Waals surface area contributed by atoms with Gasteiger partial charge < -0.3 is 20.3 Å². The average Bonchev–Trinajstić information content (AvgIpc) is 2.70. The van der Waals surface area contributed by atoms with E-state index in [1.54, 1.807) is 32.6 Å². The fraction of sp³-hybridized carbons (Fsp3) is 0.640. The van der Waals surface area contributed by atoms with Crippen LogP contribution in [0.15, 0.2) is 30.3 Å². The zero-order chi connectivity index (χ0) is 23.9. The van der Waals surface area contributed by atoms with Gasteiger partial charge in [-0.1, -0.05) is 49.6 Å². The number of ether oxygens (including phenoxy) is 1. The summed E-state index contributed by atoms with van der Waals surface area (Å²) in [4.78, 5) is 40.7. The van der Waals surface area contributed by atoms with E-state index in [0.717, 1.165) is 31.2 Å². The third-order valence-electron chi connectivity index (χ3n) is 5.51. The molecule has 0 radical (unpaired) electrons. The van der Waals surface area contributed by atoms with Crippen LogP contribution in [0.3, 0.4) is 0 Å². The second kappa shape index (κ2) is 11.3. The van der Waals surface area contributed by atoms with Crippen LogP contribution in [0.5, 0.6) is 0 Å². The minimum atomic E-state index is -0.846. The number of rotatable bonds is 7. The molecule has 0 aliphatic heterocycles. The van der Waals surface area contributed by atoms with Crippen LogP contribution < -0.4 is 10.6 Å². The molecule has 0 spiro atoms. The van der Waals surface area contributed by atoms with Gasteiger partial charge in [0.15, 0.2) is 0 Å². The van der Waals surface area contributed by atoms with E-state index in [-0.39, 0.29) is 23.9 Å². The summed E-state index contributed by atoms with van der Waals surface area (Å²) in [6.07, 6.45) is 4.65. The topological polar surface area (TPSA) is 87.7 Å². The summed E-state index contributed by atoms with van der Waals surface area (Å²) in [5, 5.41) is 5.79. The van der Waals surface area contributed by atoms with Crippen LogP contribution in [-0.4, -0.2) is 46.5 Å². The number of hydrogen-bond donors (Lipinski definition) is 2. The van der Waals surface area contributed by atoms with Crippen molar-refractivity contribution in [3.8, 4) is 0 Å². The SMILES string of the molecule is CC(NC(=O)OC(C)(C)C)C(=O)N(C(C)C)C(C(=O)NC1CCCCC1)c1ccccc1. The van der Waals surface area contributed by atoms with Gasteiger partial charge in [-0.05, 0) is 59.9 Å². The summed E-state index contributed by atoms with van der Waals surface area (Å²) in [5.41, 5.74) is 0.0733. The molecule has 2 atom stereocenters. The van der Waals surface area contributed by atoms with Gasteiger partial charge in [0.25, 0.3) is 0 Å². The quantitative estimate of drug-likeness (QED) is 0.654. The number of carbonyl (C=O) groups is 3. The van der Waals surface area contributed by atoms with Gasteiger partial charge >= 0.3 is 6.09 Å². The van der Waals surface area contributed by atoms with Crippen molar-refractivity contribution in [3.05, 3.63) is 35.9 Å². The molecule has 0 saturated heterocycles. The van der Waals surface area contributed by atoms with Gasteiger partial charge in [-0.2, -0.15) is 0 Å². The molecule has 2 N–H and O–H groups in total. The lowest BCUT2D eigenvalue weighted by atomic mass is 9.94. The van der Waals surface area contributed by atoms with Crippen molar-refractivity contribution in [1.82, 2.24) is 15.5 Å². The van der Waals surface area contributed by atoms with Crippen molar-refractivity contribution in [2.75, 3.05) is 0 Å². The third kappa shape index (κ3) is 7.53. The Balaban J connectivity index is 2.27. The van der Waals surface area contributed by atoms with Crippen molar-refractivity contribution in [2.45, 2.75) is 103 Å². The Kier molecular flexibility index (Phi) is 9.10. The Bertz CT molecular complexity index is 767. The molecular weight excluding hydrogens is 406 g/mol. The molecule has 1 saturated carbocycles. The van der Waals surface area contributed by atoms with Crippen molar-refractivity contribution in [3.63, 3.8) is 0 Å². The van der Waals surface area contributed by atoms with Crippen molar-refractivity contribution in [2.24, 2.45) is 0 Å². The zero-order valence-corrected chi connectivity index (χ0v) is 20.3. The number of hydrogen-bond acceptors (Lipinski definition) is 4. The first-order valence-corrected chi connectivity index (χ1v) is 11.7. The molecule has 2 rings (SSSR count). The largest absolute Gasteiger partial charge is 0.444 e. The summed E-state index contributed by atoms with van der Waals surface area (Å²) >= 11 is 0. The second-order valence-corrected chi connectivity index (χ2v) is 9.86. The lowest BCUT2D eigenvalue weighted by molar-refractivity contribution is -0.144. The molecule has 1 aliphatic carbocycles. The molecule has 0 bridgehead atoms. The third-order valence-corrected chi connectivity index (χ3v) is 5.51. The number of amides is 3. The molecule has 2 unspecified atom stereocenters. The fourth-order valence-electron chi connectivity index (χ4n) is 4.05. The van der Waals surface area contributed by atoms with Gasteiger partial charge in [0.05, 0.1) is 0 Å². The number of benzene rings is 1. The summed E-state index contributed by atoms with van der Waals surface area (Å²) in [6.45, 7) is 10.7. The molecule has 1 aromatic rings. The van der Waals surface area contributed by atoms with E-state index in [2.05, 4.69) is 10.6 Å². The van der Waals surface area contributed by atoms with Gasteiger partial charge in [0, 0.05) is 12.1 Å². The molecule has 178 valence electrons. The van der Waals surface area contributed by atoms with Crippen LogP contribution in [0.1, 0.15) is 85.3 Å². The highest BCUT2D eigenvalue weighted by molar-refractivity contribution is 5.92. The lowest BCUT2D eigenvalue weighted by Gasteiger charge is -2.37. The molecule has 1 aliphatic rings.